The molecule has 0 aliphatic carbocycles. The first-order valence-electron chi connectivity index (χ1n) is 8.12. The minimum Gasteiger partial charge on any atom is -0.406 e. The quantitative estimate of drug-likeness (QED) is 0.336. The highest BCUT2D eigenvalue weighted by Crippen LogP contribution is 2.39. The van der Waals surface area contributed by atoms with E-state index >= 15 is 0 Å². The molecule has 1 unspecified atom stereocenters. The monoisotopic (exact) mass is 431 g/mol. The van der Waals surface area contributed by atoms with Gasteiger partial charge in [-0.2, -0.15) is 0 Å². The summed E-state index contributed by atoms with van der Waals surface area (Å²) in [5.74, 6) is -0.791. The maximum atomic E-state index is 12.9. The van der Waals surface area contributed by atoms with Gasteiger partial charge < -0.3 is 9.47 Å². The number of para-hydroxylation sites is 1. The van der Waals surface area contributed by atoms with Crippen LogP contribution in [0.25, 0.3) is 0 Å². The molecule has 3 rings (SSSR count). The topological polar surface area (TPSA) is 18.5 Å². The van der Waals surface area contributed by atoms with Crippen LogP contribution in [0.3, 0.4) is 0 Å². The fourth-order valence-electron chi connectivity index (χ4n) is 2.55. The zero-order valence-corrected chi connectivity index (χ0v) is 15.3. The minimum atomic E-state index is -4.88. The molecule has 0 saturated carbocycles. The van der Waals surface area contributed by atoms with Crippen molar-refractivity contribution in [2.24, 2.45) is 0 Å². The minimum absolute atomic E-state index is 0.250. The first kappa shape index (κ1) is 20.9. The molecule has 2 nitrogen and oxygen atoms in total. The smallest absolute Gasteiger partial charge is 0.406 e. The Hall–Kier alpha value is -2.81. The lowest BCUT2D eigenvalue weighted by Gasteiger charge is -2.14. The van der Waals surface area contributed by atoms with Crippen LogP contribution in [-0.4, -0.2) is 12.7 Å². The van der Waals surface area contributed by atoms with Crippen molar-refractivity contribution in [3.63, 3.8) is 0 Å². The number of halogens is 6. The van der Waals surface area contributed by atoms with E-state index in [1.54, 1.807) is 36.4 Å². The van der Waals surface area contributed by atoms with Crippen molar-refractivity contribution in [2.75, 3.05) is 0 Å². The van der Waals surface area contributed by atoms with Crippen LogP contribution < -0.4 is 9.47 Å². The normalized spacial score (nSPS) is 13.0. The molecule has 152 valence electrons. The van der Waals surface area contributed by atoms with Gasteiger partial charge in [0.15, 0.2) is 15.5 Å². The number of hydrogen-bond donors (Lipinski definition) is 0. The summed E-state index contributed by atoms with van der Waals surface area (Å²) in [5, 5.41) is 0. The Morgan fingerprint density at radius 1 is 0.552 bits per heavy atom. The molecule has 0 aliphatic heterocycles. The predicted octanol–water partition coefficient (Wildman–Crippen LogP) is 6.58. The van der Waals surface area contributed by atoms with Crippen molar-refractivity contribution < 1.29 is 35.8 Å². The molecule has 0 aromatic heterocycles. The van der Waals surface area contributed by atoms with Gasteiger partial charge in [0.25, 0.3) is 0 Å². The number of rotatable bonds is 5. The highest BCUT2D eigenvalue weighted by Gasteiger charge is 2.38. The van der Waals surface area contributed by atoms with E-state index in [0.717, 1.165) is 12.1 Å². The van der Waals surface area contributed by atoms with E-state index in [1.165, 1.54) is 30.3 Å². The summed E-state index contributed by atoms with van der Waals surface area (Å²) in [4.78, 5) is 1.43. The van der Waals surface area contributed by atoms with E-state index in [4.69, 9.17) is 0 Å². The molecule has 0 fully saturated rings. The molecule has 0 saturated heterocycles. The maximum Gasteiger partial charge on any atom is 0.573 e. The second-order valence-electron chi connectivity index (χ2n) is 5.63. The van der Waals surface area contributed by atoms with Crippen LogP contribution in [-0.2, 0) is 10.9 Å². The van der Waals surface area contributed by atoms with E-state index in [-0.39, 0.29) is 10.6 Å². The molecule has 9 heteroatoms. The van der Waals surface area contributed by atoms with Crippen LogP contribution in [0.4, 0.5) is 26.3 Å². The molecular formula is C20H13F6O2S+. The van der Waals surface area contributed by atoms with Gasteiger partial charge in [0.1, 0.15) is 16.6 Å². The largest absolute Gasteiger partial charge is 0.573 e. The number of ether oxygens (including phenoxy) is 2. The number of benzene rings is 3. The molecule has 0 N–H and O–H groups in total. The Kier molecular flexibility index (Phi) is 5.97. The van der Waals surface area contributed by atoms with Gasteiger partial charge in [-0.25, -0.2) is 0 Å². The van der Waals surface area contributed by atoms with Gasteiger partial charge in [0, 0.05) is 0 Å². The number of alkyl halides is 6. The van der Waals surface area contributed by atoms with Crippen LogP contribution in [0.5, 0.6) is 11.5 Å². The van der Waals surface area contributed by atoms with Gasteiger partial charge in [0.2, 0.25) is 4.90 Å². The third-order valence-corrected chi connectivity index (χ3v) is 5.83. The molecule has 0 heterocycles. The van der Waals surface area contributed by atoms with Crippen LogP contribution >= 0.6 is 0 Å². The van der Waals surface area contributed by atoms with Gasteiger partial charge in [-0.15, -0.1) is 26.3 Å². The lowest BCUT2D eigenvalue weighted by Crippen LogP contribution is -2.19. The maximum absolute atomic E-state index is 12.9. The number of hydrogen-bond acceptors (Lipinski definition) is 2. The van der Waals surface area contributed by atoms with E-state index in [1.807, 2.05) is 0 Å². The third kappa shape index (κ3) is 5.83. The summed E-state index contributed by atoms with van der Waals surface area (Å²) in [6, 6.07) is 19.4. The standard InChI is InChI=1S/C20H13F6O2S/c21-19(22,23)27-14-10-12-16(13-11-14)29(15-6-2-1-3-7-15)18-9-5-4-8-17(18)28-20(24,25)26/h1-13H/q+1. The van der Waals surface area contributed by atoms with Gasteiger partial charge in [0.05, 0.1) is 0 Å². The Labute approximate surface area is 165 Å². The SMILES string of the molecule is FC(F)(F)Oc1ccc([S+](c2ccccc2)c2ccccc2OC(F)(F)F)cc1. The summed E-state index contributed by atoms with van der Waals surface area (Å²) < 4.78 is 83.8. The van der Waals surface area contributed by atoms with Crippen molar-refractivity contribution in [2.45, 2.75) is 27.4 Å². The Balaban J connectivity index is 2.06. The van der Waals surface area contributed by atoms with Crippen LogP contribution in [0.2, 0.25) is 0 Å². The zero-order valence-electron chi connectivity index (χ0n) is 14.5. The van der Waals surface area contributed by atoms with E-state index in [9.17, 15) is 26.3 Å². The second kappa shape index (κ2) is 8.28. The highest BCUT2D eigenvalue weighted by atomic mass is 32.2. The molecule has 0 radical (unpaired) electrons. The van der Waals surface area contributed by atoms with Crippen molar-refractivity contribution >= 4 is 10.9 Å². The molecule has 1 atom stereocenters. The van der Waals surface area contributed by atoms with Gasteiger partial charge in [-0.05, 0) is 48.5 Å². The lowest BCUT2D eigenvalue weighted by atomic mass is 10.3. The summed E-state index contributed by atoms with van der Waals surface area (Å²) in [5.41, 5.74) is 0. The molecule has 0 spiro atoms. The average molecular weight is 431 g/mol. The lowest BCUT2D eigenvalue weighted by molar-refractivity contribution is -0.276. The summed E-state index contributed by atoms with van der Waals surface area (Å²) in [6.07, 6.45) is -9.72. The van der Waals surface area contributed by atoms with Gasteiger partial charge in [-0.1, -0.05) is 30.3 Å². The Morgan fingerprint density at radius 2 is 1.07 bits per heavy atom. The summed E-state index contributed by atoms with van der Waals surface area (Å²) >= 11 is 0. The summed E-state index contributed by atoms with van der Waals surface area (Å²) in [6.45, 7) is 0. The zero-order chi connectivity index (χ0) is 21.1. The molecule has 3 aromatic carbocycles. The Bertz CT molecular complexity index is 940. The first-order valence-corrected chi connectivity index (χ1v) is 9.35. The molecule has 0 amide bonds. The van der Waals surface area contributed by atoms with Crippen molar-refractivity contribution in [3.8, 4) is 11.5 Å². The second-order valence-corrected chi connectivity index (χ2v) is 7.63. The molecule has 29 heavy (non-hydrogen) atoms. The summed E-state index contributed by atoms with van der Waals surface area (Å²) in [7, 11) is -1.05. The van der Waals surface area contributed by atoms with Crippen molar-refractivity contribution in [1.82, 2.24) is 0 Å². The fraction of sp³-hybridized carbons (Fsp3) is 0.100. The van der Waals surface area contributed by atoms with Crippen molar-refractivity contribution in [3.05, 3.63) is 78.9 Å². The van der Waals surface area contributed by atoms with Crippen LogP contribution in [0.1, 0.15) is 0 Å². The molecule has 0 bridgehead atoms. The highest BCUT2D eigenvalue weighted by molar-refractivity contribution is 7.97. The van der Waals surface area contributed by atoms with E-state index in [2.05, 4.69) is 9.47 Å². The fourth-order valence-corrected chi connectivity index (χ4v) is 4.69. The molecule has 3 aromatic rings. The molecular weight excluding hydrogens is 418 g/mol. The predicted molar refractivity (Wildman–Crippen MR) is 94.9 cm³/mol. The van der Waals surface area contributed by atoms with Gasteiger partial charge >= 0.3 is 12.7 Å². The first-order chi connectivity index (χ1) is 13.6. The third-order valence-electron chi connectivity index (χ3n) is 3.57. The van der Waals surface area contributed by atoms with Crippen LogP contribution in [0.15, 0.2) is 93.5 Å². The van der Waals surface area contributed by atoms with E-state index < -0.39 is 29.4 Å². The van der Waals surface area contributed by atoms with Gasteiger partial charge in [-0.3, -0.25) is 0 Å². The average Bonchev–Trinajstić information content (AvgIpc) is 2.63. The Morgan fingerprint density at radius 3 is 1.66 bits per heavy atom. The molecule has 0 aliphatic rings. The van der Waals surface area contributed by atoms with Crippen LogP contribution in [0, 0.1) is 0 Å². The van der Waals surface area contributed by atoms with Crippen molar-refractivity contribution in [1.29, 1.82) is 0 Å². The van der Waals surface area contributed by atoms with E-state index in [0.29, 0.717) is 9.79 Å².